The number of hydrogen-bond acceptors (Lipinski definition) is 4. The van der Waals surface area contributed by atoms with Crippen molar-refractivity contribution >= 4 is 5.84 Å². The van der Waals surface area contributed by atoms with Gasteiger partial charge in [0.05, 0.1) is 12.7 Å². The lowest BCUT2D eigenvalue weighted by Crippen LogP contribution is -2.35. The van der Waals surface area contributed by atoms with Crippen molar-refractivity contribution in [3.8, 4) is 5.75 Å². The number of nitrogens with two attached hydrogens (primary N) is 1. The Hall–Kier alpha value is -1.59. The minimum atomic E-state index is -0.750. The van der Waals surface area contributed by atoms with E-state index in [1.165, 1.54) is 0 Å². The average Bonchev–Trinajstić information content (AvgIpc) is 2.26. The highest BCUT2D eigenvalue weighted by Gasteiger charge is 2.17. The van der Waals surface area contributed by atoms with Crippen LogP contribution in [0.5, 0.6) is 5.75 Å². The number of aliphatic hydroxyl groups is 1. The molecule has 0 atom stereocenters. The Morgan fingerprint density at radius 3 is 2.58 bits per heavy atom. The van der Waals surface area contributed by atoms with Gasteiger partial charge in [-0.1, -0.05) is 0 Å². The number of nitrogens with zero attached hydrogens (tertiary/aromatic N) is 1. The molecule has 5 nitrogen and oxygen atoms in total. The number of likely N-dealkylation sites (N-methyl/N-ethyl adjacent to an activating group) is 1. The van der Waals surface area contributed by atoms with Crippen molar-refractivity contribution in [2.45, 2.75) is 26.0 Å². The van der Waals surface area contributed by atoms with Gasteiger partial charge in [-0.25, -0.2) is 0 Å². The zero-order valence-corrected chi connectivity index (χ0v) is 12.0. The predicted molar refractivity (Wildman–Crippen MR) is 76.6 cm³/mol. The number of methoxy groups -OCH3 is 1. The highest BCUT2D eigenvalue weighted by molar-refractivity contribution is 5.95. The Bertz CT molecular complexity index is 452. The van der Waals surface area contributed by atoms with Crippen molar-refractivity contribution in [1.29, 1.82) is 5.41 Å². The van der Waals surface area contributed by atoms with E-state index in [0.29, 0.717) is 18.7 Å². The van der Waals surface area contributed by atoms with E-state index in [1.807, 2.05) is 24.1 Å². The second-order valence-electron chi connectivity index (χ2n) is 5.43. The van der Waals surface area contributed by atoms with Crippen molar-refractivity contribution < 1.29 is 9.84 Å². The zero-order valence-electron chi connectivity index (χ0n) is 12.0. The highest BCUT2D eigenvalue weighted by Crippen LogP contribution is 2.21. The highest BCUT2D eigenvalue weighted by atomic mass is 16.5. The summed E-state index contributed by atoms with van der Waals surface area (Å²) in [6.45, 7) is 4.70. The molecule has 0 aliphatic carbocycles. The molecule has 0 amide bonds. The third kappa shape index (κ3) is 4.89. The maximum absolute atomic E-state index is 9.81. The fourth-order valence-electron chi connectivity index (χ4n) is 2.08. The van der Waals surface area contributed by atoms with E-state index >= 15 is 0 Å². The number of ether oxygens (including phenoxy) is 1. The fourth-order valence-corrected chi connectivity index (χ4v) is 2.08. The summed E-state index contributed by atoms with van der Waals surface area (Å²) in [5.74, 6) is 0.793. The van der Waals surface area contributed by atoms with Crippen molar-refractivity contribution in [3.63, 3.8) is 0 Å². The van der Waals surface area contributed by atoms with Gasteiger partial charge in [-0.05, 0) is 39.1 Å². The predicted octanol–water partition coefficient (Wildman–Crippen LogP) is 1.18. The largest absolute Gasteiger partial charge is 0.496 e. The van der Waals surface area contributed by atoms with Crippen LogP contribution in [-0.4, -0.2) is 42.1 Å². The molecule has 1 aromatic carbocycles. The molecule has 0 aliphatic rings. The van der Waals surface area contributed by atoms with E-state index in [1.54, 1.807) is 27.0 Å². The molecule has 4 N–H and O–H groups in total. The van der Waals surface area contributed by atoms with Gasteiger partial charge in [-0.3, -0.25) is 10.3 Å². The Morgan fingerprint density at radius 2 is 2.11 bits per heavy atom. The molecule has 106 valence electrons. The molecule has 0 aliphatic heterocycles. The molecule has 1 aromatic rings. The smallest absolute Gasteiger partial charge is 0.123 e. The average molecular weight is 265 g/mol. The first-order valence-electron chi connectivity index (χ1n) is 6.15. The number of nitrogens with one attached hydrogen (secondary N) is 1. The molecule has 0 bridgehead atoms. The standard InChI is InChI=1S/C14H23N3O2/c1-14(2,18)9-17(3)8-11-7-10(13(15)16)5-6-12(11)19-4/h5-7,18H,8-9H2,1-4H3,(H3,15,16). The van der Waals surface area contributed by atoms with Crippen molar-refractivity contribution in [2.24, 2.45) is 5.73 Å². The lowest BCUT2D eigenvalue weighted by atomic mass is 10.1. The van der Waals surface area contributed by atoms with Crippen LogP contribution in [0.3, 0.4) is 0 Å². The van der Waals surface area contributed by atoms with E-state index in [4.69, 9.17) is 15.9 Å². The zero-order chi connectivity index (χ0) is 14.6. The molecule has 0 saturated carbocycles. The summed E-state index contributed by atoms with van der Waals surface area (Å²) in [4.78, 5) is 2.00. The first-order chi connectivity index (χ1) is 8.73. The second kappa shape index (κ2) is 6.04. The van der Waals surface area contributed by atoms with Crippen LogP contribution in [0.25, 0.3) is 0 Å². The lowest BCUT2D eigenvalue weighted by Gasteiger charge is -2.26. The number of amidine groups is 1. The third-order valence-corrected chi connectivity index (χ3v) is 2.69. The molecule has 0 radical (unpaired) electrons. The first kappa shape index (κ1) is 15.5. The monoisotopic (exact) mass is 265 g/mol. The Balaban J connectivity index is 2.91. The molecular weight excluding hydrogens is 242 g/mol. The minimum Gasteiger partial charge on any atom is -0.496 e. The van der Waals surface area contributed by atoms with Crippen molar-refractivity contribution in [3.05, 3.63) is 29.3 Å². The molecular formula is C14H23N3O2. The van der Waals surface area contributed by atoms with Gasteiger partial charge in [0.2, 0.25) is 0 Å². The van der Waals surface area contributed by atoms with Crippen molar-refractivity contribution in [1.82, 2.24) is 4.90 Å². The normalized spacial score (nSPS) is 11.7. The summed E-state index contributed by atoms with van der Waals surface area (Å²) < 4.78 is 5.31. The van der Waals surface area contributed by atoms with E-state index in [2.05, 4.69) is 0 Å². The summed E-state index contributed by atoms with van der Waals surface area (Å²) in [6.07, 6.45) is 0. The number of rotatable bonds is 6. The van der Waals surface area contributed by atoms with Gasteiger partial charge in [0.15, 0.2) is 0 Å². The molecule has 0 saturated heterocycles. The van der Waals surface area contributed by atoms with Crippen LogP contribution in [0.2, 0.25) is 0 Å². The van der Waals surface area contributed by atoms with Crippen LogP contribution >= 0.6 is 0 Å². The maximum atomic E-state index is 9.81. The summed E-state index contributed by atoms with van der Waals surface area (Å²) in [5.41, 5.74) is 6.37. The summed E-state index contributed by atoms with van der Waals surface area (Å²) >= 11 is 0. The molecule has 0 spiro atoms. The molecule has 0 fully saturated rings. The number of hydrogen-bond donors (Lipinski definition) is 3. The van der Waals surface area contributed by atoms with Gasteiger partial charge < -0.3 is 15.6 Å². The van der Waals surface area contributed by atoms with Crippen LogP contribution in [0.4, 0.5) is 0 Å². The van der Waals surface area contributed by atoms with Crippen LogP contribution in [0, 0.1) is 5.41 Å². The van der Waals surface area contributed by atoms with Crippen molar-refractivity contribution in [2.75, 3.05) is 20.7 Å². The summed E-state index contributed by atoms with van der Waals surface area (Å²) in [6, 6.07) is 5.42. The van der Waals surface area contributed by atoms with E-state index in [9.17, 15) is 5.11 Å². The number of nitrogen functional groups attached to an aromatic ring is 1. The van der Waals surface area contributed by atoms with Gasteiger partial charge in [-0.2, -0.15) is 0 Å². The summed E-state index contributed by atoms with van der Waals surface area (Å²) in [7, 11) is 3.54. The van der Waals surface area contributed by atoms with Crippen LogP contribution in [0.1, 0.15) is 25.0 Å². The van der Waals surface area contributed by atoms with E-state index < -0.39 is 5.60 Å². The first-order valence-corrected chi connectivity index (χ1v) is 6.15. The summed E-state index contributed by atoms with van der Waals surface area (Å²) in [5, 5.41) is 17.3. The van der Waals surface area contributed by atoms with E-state index in [-0.39, 0.29) is 5.84 Å². The third-order valence-electron chi connectivity index (χ3n) is 2.69. The van der Waals surface area contributed by atoms with Crippen LogP contribution < -0.4 is 10.5 Å². The van der Waals surface area contributed by atoms with E-state index in [0.717, 1.165) is 11.3 Å². The quantitative estimate of drug-likeness (QED) is 0.533. The van der Waals surface area contributed by atoms with Gasteiger partial charge in [-0.15, -0.1) is 0 Å². The molecule has 19 heavy (non-hydrogen) atoms. The molecule has 0 heterocycles. The van der Waals surface area contributed by atoms with Gasteiger partial charge >= 0.3 is 0 Å². The molecule has 0 aromatic heterocycles. The molecule has 5 heteroatoms. The maximum Gasteiger partial charge on any atom is 0.123 e. The Labute approximate surface area is 114 Å². The Kier molecular flexibility index (Phi) is 4.91. The van der Waals surface area contributed by atoms with Crippen LogP contribution in [-0.2, 0) is 6.54 Å². The Morgan fingerprint density at radius 1 is 1.47 bits per heavy atom. The van der Waals surface area contributed by atoms with Crippen LogP contribution in [0.15, 0.2) is 18.2 Å². The fraction of sp³-hybridized carbons (Fsp3) is 0.500. The van der Waals surface area contributed by atoms with Gasteiger partial charge in [0.25, 0.3) is 0 Å². The number of benzene rings is 1. The molecule has 0 unspecified atom stereocenters. The van der Waals surface area contributed by atoms with Gasteiger partial charge in [0.1, 0.15) is 11.6 Å². The minimum absolute atomic E-state index is 0.0362. The molecule has 1 rings (SSSR count). The SMILES string of the molecule is COc1ccc(C(=N)N)cc1CN(C)CC(C)(C)O. The topological polar surface area (TPSA) is 82.6 Å². The second-order valence-corrected chi connectivity index (χ2v) is 5.43. The lowest BCUT2D eigenvalue weighted by molar-refractivity contribution is 0.0423. The van der Waals surface area contributed by atoms with Gasteiger partial charge in [0, 0.05) is 24.2 Å².